The molecule has 1 aliphatic carbocycles. The molecule has 0 bridgehead atoms. The third-order valence-electron chi connectivity index (χ3n) is 4.22. The van der Waals surface area contributed by atoms with Crippen molar-refractivity contribution in [2.24, 2.45) is 0 Å². The molecule has 1 N–H and O–H groups in total. The van der Waals surface area contributed by atoms with E-state index in [1.807, 2.05) is 11.3 Å². The molecule has 20 heavy (non-hydrogen) atoms. The number of hydrogen-bond acceptors (Lipinski definition) is 2. The van der Waals surface area contributed by atoms with Crippen LogP contribution in [0.2, 0.25) is 0 Å². The van der Waals surface area contributed by atoms with Crippen molar-refractivity contribution in [3.63, 3.8) is 0 Å². The molecular formula is C18H29NS. The van der Waals surface area contributed by atoms with Gasteiger partial charge in [0.2, 0.25) is 0 Å². The molecule has 1 aliphatic rings. The summed E-state index contributed by atoms with van der Waals surface area (Å²) in [6.45, 7) is 5.64. The number of hydrogen-bond donors (Lipinski definition) is 1. The monoisotopic (exact) mass is 291 g/mol. The van der Waals surface area contributed by atoms with Crippen LogP contribution >= 0.6 is 11.3 Å². The highest BCUT2D eigenvalue weighted by Gasteiger charge is 2.20. The highest BCUT2D eigenvalue weighted by atomic mass is 32.1. The fourth-order valence-corrected chi connectivity index (χ4v) is 4.17. The fraction of sp³-hybridized carbons (Fsp3) is 0.667. The van der Waals surface area contributed by atoms with Gasteiger partial charge >= 0.3 is 0 Å². The van der Waals surface area contributed by atoms with Crippen molar-refractivity contribution in [2.75, 3.05) is 6.54 Å². The Morgan fingerprint density at radius 2 is 2.05 bits per heavy atom. The van der Waals surface area contributed by atoms with E-state index >= 15 is 0 Å². The normalized spacial score (nSPS) is 20.8. The van der Waals surface area contributed by atoms with Crippen molar-refractivity contribution in [3.05, 3.63) is 33.5 Å². The number of thiophene rings is 1. The van der Waals surface area contributed by atoms with Gasteiger partial charge in [-0.25, -0.2) is 0 Å². The van der Waals surface area contributed by atoms with Crippen molar-refractivity contribution in [1.82, 2.24) is 5.32 Å². The van der Waals surface area contributed by atoms with Gasteiger partial charge in [0, 0.05) is 4.88 Å². The Balaban J connectivity index is 2.21. The van der Waals surface area contributed by atoms with E-state index in [1.54, 1.807) is 10.5 Å². The summed E-state index contributed by atoms with van der Waals surface area (Å²) in [7, 11) is 0. The summed E-state index contributed by atoms with van der Waals surface area (Å²) in [6.07, 6.45) is 13.0. The van der Waals surface area contributed by atoms with Crippen LogP contribution in [0.4, 0.5) is 0 Å². The van der Waals surface area contributed by atoms with E-state index in [2.05, 4.69) is 36.7 Å². The van der Waals surface area contributed by atoms with E-state index < -0.39 is 0 Å². The standard InChI is InChI=1S/C18H29NS/c1-3-13-19-17(18-15(4-2)12-14-20-18)16-10-8-6-5-7-9-11-16/h10,12,14,17,19H,3-9,11,13H2,1-2H3/b16-10+. The minimum atomic E-state index is 0.475. The molecule has 0 saturated carbocycles. The zero-order valence-corrected chi connectivity index (χ0v) is 13.9. The number of aryl methyl sites for hydroxylation is 1. The Bertz CT molecular complexity index is 419. The van der Waals surface area contributed by atoms with Gasteiger partial charge in [-0.15, -0.1) is 11.3 Å². The van der Waals surface area contributed by atoms with Gasteiger partial charge in [-0.05, 0) is 62.1 Å². The Morgan fingerprint density at radius 1 is 1.20 bits per heavy atom. The summed E-state index contributed by atoms with van der Waals surface area (Å²) in [5.74, 6) is 0. The summed E-state index contributed by atoms with van der Waals surface area (Å²) in [5.41, 5.74) is 3.18. The van der Waals surface area contributed by atoms with E-state index in [1.165, 1.54) is 50.5 Å². The van der Waals surface area contributed by atoms with E-state index in [0.717, 1.165) is 13.0 Å². The van der Waals surface area contributed by atoms with Gasteiger partial charge in [0.05, 0.1) is 6.04 Å². The first-order valence-electron chi connectivity index (χ1n) is 8.35. The molecule has 0 aliphatic heterocycles. The minimum Gasteiger partial charge on any atom is -0.306 e. The molecule has 2 heteroatoms. The van der Waals surface area contributed by atoms with Crippen LogP contribution < -0.4 is 5.32 Å². The van der Waals surface area contributed by atoms with Crippen LogP contribution in [-0.2, 0) is 6.42 Å². The molecule has 2 rings (SSSR count). The van der Waals surface area contributed by atoms with Crippen molar-refractivity contribution in [2.45, 2.75) is 71.3 Å². The molecule has 0 aromatic carbocycles. The van der Waals surface area contributed by atoms with Gasteiger partial charge in [0.1, 0.15) is 0 Å². The lowest BCUT2D eigenvalue weighted by atomic mass is 9.92. The molecule has 1 aromatic rings. The van der Waals surface area contributed by atoms with Gasteiger partial charge < -0.3 is 5.32 Å². The predicted octanol–water partition coefficient (Wildman–Crippen LogP) is 5.63. The zero-order valence-electron chi connectivity index (χ0n) is 13.1. The Morgan fingerprint density at radius 3 is 2.85 bits per heavy atom. The van der Waals surface area contributed by atoms with Gasteiger partial charge in [-0.3, -0.25) is 0 Å². The molecule has 1 heterocycles. The number of nitrogens with one attached hydrogen (secondary N) is 1. The third-order valence-corrected chi connectivity index (χ3v) is 5.24. The maximum atomic E-state index is 3.81. The molecule has 0 radical (unpaired) electrons. The molecule has 1 aromatic heterocycles. The van der Waals surface area contributed by atoms with Crippen LogP contribution in [0.5, 0.6) is 0 Å². The number of rotatable bonds is 6. The second-order valence-corrected chi connectivity index (χ2v) is 6.73. The molecule has 0 spiro atoms. The zero-order chi connectivity index (χ0) is 14.2. The van der Waals surface area contributed by atoms with Gasteiger partial charge in [-0.2, -0.15) is 0 Å². The molecule has 1 atom stereocenters. The Kier molecular flexibility index (Phi) is 6.81. The number of allylic oxidation sites excluding steroid dienone is 1. The van der Waals surface area contributed by atoms with Crippen LogP contribution in [0, 0.1) is 0 Å². The van der Waals surface area contributed by atoms with Crippen LogP contribution in [-0.4, -0.2) is 6.54 Å². The molecule has 0 fully saturated rings. The van der Waals surface area contributed by atoms with Crippen molar-refractivity contribution >= 4 is 11.3 Å². The summed E-state index contributed by atoms with van der Waals surface area (Å²) < 4.78 is 0. The first-order valence-corrected chi connectivity index (χ1v) is 9.23. The Hall–Kier alpha value is -0.600. The van der Waals surface area contributed by atoms with Crippen molar-refractivity contribution in [1.29, 1.82) is 0 Å². The second-order valence-electron chi connectivity index (χ2n) is 5.78. The molecule has 112 valence electrons. The van der Waals surface area contributed by atoms with Crippen LogP contribution in [0.1, 0.15) is 75.3 Å². The molecule has 0 amide bonds. The summed E-state index contributed by atoms with van der Waals surface area (Å²) >= 11 is 1.93. The average Bonchev–Trinajstić information content (AvgIpc) is 2.89. The summed E-state index contributed by atoms with van der Waals surface area (Å²) in [5, 5.41) is 6.07. The summed E-state index contributed by atoms with van der Waals surface area (Å²) in [4.78, 5) is 1.56. The highest BCUT2D eigenvalue weighted by Crippen LogP contribution is 2.34. The molecule has 0 saturated heterocycles. The van der Waals surface area contributed by atoms with Gasteiger partial charge in [-0.1, -0.05) is 38.3 Å². The first-order chi connectivity index (χ1) is 9.86. The van der Waals surface area contributed by atoms with Crippen LogP contribution in [0.25, 0.3) is 0 Å². The summed E-state index contributed by atoms with van der Waals surface area (Å²) in [6, 6.07) is 2.78. The maximum Gasteiger partial charge on any atom is 0.0633 e. The molecule has 1 nitrogen and oxygen atoms in total. The van der Waals surface area contributed by atoms with E-state index in [0.29, 0.717) is 6.04 Å². The topological polar surface area (TPSA) is 12.0 Å². The van der Waals surface area contributed by atoms with Crippen LogP contribution in [0.3, 0.4) is 0 Å². The minimum absolute atomic E-state index is 0.475. The Labute approximate surface area is 128 Å². The van der Waals surface area contributed by atoms with Gasteiger partial charge in [0.25, 0.3) is 0 Å². The van der Waals surface area contributed by atoms with Gasteiger partial charge in [0.15, 0.2) is 0 Å². The largest absolute Gasteiger partial charge is 0.306 e. The SMILES string of the molecule is CCCNC(/C1=C/CCCCCC1)c1sccc1CC. The van der Waals surface area contributed by atoms with E-state index in [-0.39, 0.29) is 0 Å². The van der Waals surface area contributed by atoms with Crippen LogP contribution in [0.15, 0.2) is 23.1 Å². The molecule has 1 unspecified atom stereocenters. The predicted molar refractivity (Wildman–Crippen MR) is 90.5 cm³/mol. The lowest BCUT2D eigenvalue weighted by Gasteiger charge is -2.24. The lowest BCUT2D eigenvalue weighted by molar-refractivity contribution is 0.543. The molecular weight excluding hydrogens is 262 g/mol. The highest BCUT2D eigenvalue weighted by molar-refractivity contribution is 7.10. The maximum absolute atomic E-state index is 3.81. The fourth-order valence-electron chi connectivity index (χ4n) is 3.05. The second kappa shape index (κ2) is 8.63. The van der Waals surface area contributed by atoms with Crippen molar-refractivity contribution < 1.29 is 0 Å². The van der Waals surface area contributed by atoms with E-state index in [4.69, 9.17) is 0 Å². The smallest absolute Gasteiger partial charge is 0.0633 e. The van der Waals surface area contributed by atoms with E-state index in [9.17, 15) is 0 Å². The lowest BCUT2D eigenvalue weighted by Crippen LogP contribution is -2.24. The first kappa shape index (κ1) is 15.8. The third kappa shape index (κ3) is 4.20. The average molecular weight is 292 g/mol. The van der Waals surface area contributed by atoms with Crippen molar-refractivity contribution in [3.8, 4) is 0 Å². The quantitative estimate of drug-likeness (QED) is 0.670.